The summed E-state index contributed by atoms with van der Waals surface area (Å²) in [6.07, 6.45) is 4.55. The van der Waals surface area contributed by atoms with Crippen molar-refractivity contribution in [3.8, 4) is 18.3 Å². The molecular weight excluding hydrogens is 252 g/mol. The zero-order valence-corrected chi connectivity index (χ0v) is 12.5. The van der Waals surface area contributed by atoms with Crippen LogP contribution in [0.4, 0.5) is 0 Å². The molecular formula is C14H22N6. The highest BCUT2D eigenvalue weighted by atomic mass is 15.6. The van der Waals surface area contributed by atoms with Crippen molar-refractivity contribution in [2.24, 2.45) is 0 Å². The molecule has 1 fully saturated rings. The molecule has 6 nitrogen and oxygen atoms in total. The first-order chi connectivity index (χ1) is 9.69. The lowest BCUT2D eigenvalue weighted by Crippen LogP contribution is -2.69. The van der Waals surface area contributed by atoms with Gasteiger partial charge in [-0.25, -0.2) is 0 Å². The van der Waals surface area contributed by atoms with Crippen LogP contribution in [0.2, 0.25) is 0 Å². The maximum absolute atomic E-state index is 9.48. The molecule has 1 rings (SSSR count). The molecule has 2 unspecified atom stereocenters. The molecule has 0 saturated carbocycles. The van der Waals surface area contributed by atoms with Gasteiger partial charge in [-0.15, -0.1) is 0 Å². The van der Waals surface area contributed by atoms with Gasteiger partial charge in [-0.2, -0.15) is 15.8 Å². The maximum atomic E-state index is 9.48. The molecule has 6 heteroatoms. The van der Waals surface area contributed by atoms with Crippen molar-refractivity contribution >= 4 is 0 Å². The minimum atomic E-state index is -0.0653. The van der Waals surface area contributed by atoms with Crippen molar-refractivity contribution < 1.29 is 0 Å². The van der Waals surface area contributed by atoms with Crippen LogP contribution < -0.4 is 0 Å². The van der Waals surface area contributed by atoms with E-state index in [1.807, 2.05) is 23.6 Å². The summed E-state index contributed by atoms with van der Waals surface area (Å²) >= 11 is 0. The van der Waals surface area contributed by atoms with Crippen LogP contribution in [0.25, 0.3) is 0 Å². The summed E-state index contributed by atoms with van der Waals surface area (Å²) in [7, 11) is 0. The van der Waals surface area contributed by atoms with Gasteiger partial charge < -0.3 is 0 Å². The topological polar surface area (TPSA) is 81.1 Å². The third-order valence-corrected chi connectivity index (χ3v) is 3.89. The van der Waals surface area contributed by atoms with E-state index in [-0.39, 0.29) is 31.6 Å². The van der Waals surface area contributed by atoms with Gasteiger partial charge in [0.25, 0.3) is 0 Å². The smallest absolute Gasteiger partial charge is 0.182 e. The Morgan fingerprint density at radius 3 is 1.40 bits per heavy atom. The van der Waals surface area contributed by atoms with Crippen LogP contribution in [0.3, 0.4) is 0 Å². The Bertz CT molecular complexity index is 396. The fourth-order valence-corrected chi connectivity index (χ4v) is 3.16. The number of rotatable bonds is 5. The van der Waals surface area contributed by atoms with Gasteiger partial charge in [0.15, 0.2) is 6.19 Å². The fraction of sp³-hybridized carbons (Fsp3) is 0.786. The molecule has 0 aliphatic carbocycles. The summed E-state index contributed by atoms with van der Waals surface area (Å²) in [5, 5.41) is 27.6. The van der Waals surface area contributed by atoms with Crippen molar-refractivity contribution in [2.75, 3.05) is 13.1 Å². The second kappa shape index (κ2) is 7.70. The third kappa shape index (κ3) is 2.85. The van der Waals surface area contributed by atoms with Gasteiger partial charge in [-0.3, -0.25) is 14.7 Å². The minimum Gasteiger partial charge on any atom is -0.277 e. The Balaban J connectivity index is 3.21. The molecule has 0 bridgehead atoms. The van der Waals surface area contributed by atoms with Gasteiger partial charge in [0, 0.05) is 0 Å². The zero-order valence-electron chi connectivity index (χ0n) is 12.5. The van der Waals surface area contributed by atoms with Gasteiger partial charge in [0.05, 0.1) is 43.7 Å². The average molecular weight is 274 g/mol. The summed E-state index contributed by atoms with van der Waals surface area (Å²) in [4.78, 5) is 5.81. The van der Waals surface area contributed by atoms with E-state index in [4.69, 9.17) is 10.5 Å². The van der Waals surface area contributed by atoms with Gasteiger partial charge in [-0.1, -0.05) is 20.8 Å². The minimum absolute atomic E-state index is 0.0359. The van der Waals surface area contributed by atoms with Crippen molar-refractivity contribution in [1.29, 1.82) is 15.8 Å². The lowest BCUT2D eigenvalue weighted by molar-refractivity contribution is -0.144. The second-order valence-corrected chi connectivity index (χ2v) is 4.83. The Kier molecular flexibility index (Phi) is 6.25. The Hall–Kier alpha value is -1.81. The zero-order chi connectivity index (χ0) is 15.1. The van der Waals surface area contributed by atoms with Crippen LogP contribution in [0.15, 0.2) is 0 Å². The highest BCUT2D eigenvalue weighted by Gasteiger charge is 2.43. The second-order valence-electron chi connectivity index (χ2n) is 4.83. The van der Waals surface area contributed by atoms with Crippen molar-refractivity contribution in [2.45, 2.75) is 58.5 Å². The van der Waals surface area contributed by atoms with Gasteiger partial charge in [0.2, 0.25) is 0 Å². The highest BCUT2D eigenvalue weighted by Crippen LogP contribution is 2.29. The first-order valence-corrected chi connectivity index (χ1v) is 7.13. The van der Waals surface area contributed by atoms with Gasteiger partial charge >= 0.3 is 0 Å². The van der Waals surface area contributed by atoms with Crippen molar-refractivity contribution in [1.82, 2.24) is 14.7 Å². The summed E-state index contributed by atoms with van der Waals surface area (Å²) in [6.45, 7) is 6.65. The third-order valence-electron chi connectivity index (χ3n) is 3.89. The van der Waals surface area contributed by atoms with E-state index in [1.165, 1.54) is 0 Å². The van der Waals surface area contributed by atoms with Crippen molar-refractivity contribution in [3.05, 3.63) is 0 Å². The average Bonchev–Trinajstić information content (AvgIpc) is 2.47. The van der Waals surface area contributed by atoms with Crippen LogP contribution in [0.5, 0.6) is 0 Å². The standard InChI is InChI=1S/C14H22N6/c1-4-12-18(9-7-15)13(5-2)20(11-17)14(6-3)19(12)10-8-16/h12-14H,4-6,9-10H2,1-3H3. The highest BCUT2D eigenvalue weighted by molar-refractivity contribution is 5.00. The van der Waals surface area contributed by atoms with Crippen molar-refractivity contribution in [3.63, 3.8) is 0 Å². The van der Waals surface area contributed by atoms with Crippen LogP contribution in [-0.2, 0) is 0 Å². The predicted octanol–water partition coefficient (Wildman–Crippen LogP) is 1.64. The molecule has 0 spiro atoms. The molecule has 1 heterocycles. The van der Waals surface area contributed by atoms with Crippen LogP contribution in [0, 0.1) is 34.1 Å². The summed E-state index contributed by atoms with van der Waals surface area (Å²) in [6, 6.07) is 4.37. The normalized spacial score (nSPS) is 27.6. The lowest BCUT2D eigenvalue weighted by atomic mass is 10.1. The largest absolute Gasteiger partial charge is 0.277 e. The summed E-state index contributed by atoms with van der Waals surface area (Å²) in [5.74, 6) is 0. The number of nitriles is 3. The van der Waals surface area contributed by atoms with Gasteiger partial charge in [-0.05, 0) is 19.3 Å². The van der Waals surface area contributed by atoms with E-state index < -0.39 is 0 Å². The SMILES string of the molecule is CCC1N(C#N)C(CC)N(CC#N)C(CC)N1CC#N. The first-order valence-electron chi connectivity index (χ1n) is 7.13. The van der Waals surface area contributed by atoms with Crippen LogP contribution in [0.1, 0.15) is 40.0 Å². The summed E-state index contributed by atoms with van der Waals surface area (Å²) < 4.78 is 0. The van der Waals surface area contributed by atoms with Gasteiger partial charge in [0.1, 0.15) is 0 Å². The Morgan fingerprint density at radius 2 is 1.15 bits per heavy atom. The number of hydrogen-bond acceptors (Lipinski definition) is 6. The van der Waals surface area contributed by atoms with E-state index in [0.717, 1.165) is 19.3 Å². The van der Waals surface area contributed by atoms with E-state index in [2.05, 4.69) is 25.3 Å². The Labute approximate surface area is 121 Å². The molecule has 0 N–H and O–H groups in total. The van der Waals surface area contributed by atoms with E-state index in [9.17, 15) is 5.26 Å². The molecule has 0 amide bonds. The Morgan fingerprint density at radius 1 is 0.750 bits per heavy atom. The quantitative estimate of drug-likeness (QED) is 0.560. The molecule has 20 heavy (non-hydrogen) atoms. The predicted molar refractivity (Wildman–Crippen MR) is 74.3 cm³/mol. The van der Waals surface area contributed by atoms with E-state index >= 15 is 0 Å². The molecule has 1 aliphatic rings. The fourth-order valence-electron chi connectivity index (χ4n) is 3.16. The molecule has 0 aromatic carbocycles. The molecule has 0 aromatic heterocycles. The first kappa shape index (κ1) is 16.2. The molecule has 0 aromatic rings. The lowest BCUT2D eigenvalue weighted by Gasteiger charge is -2.54. The molecule has 0 radical (unpaired) electrons. The molecule has 1 saturated heterocycles. The molecule has 2 atom stereocenters. The summed E-state index contributed by atoms with van der Waals surface area (Å²) in [5.41, 5.74) is 0. The molecule has 108 valence electrons. The maximum Gasteiger partial charge on any atom is 0.182 e. The number of hydrogen-bond donors (Lipinski definition) is 0. The number of nitrogens with zero attached hydrogens (tertiary/aromatic N) is 6. The van der Waals surface area contributed by atoms with E-state index in [0.29, 0.717) is 0 Å². The van der Waals surface area contributed by atoms with Crippen LogP contribution in [-0.4, -0.2) is 46.3 Å². The van der Waals surface area contributed by atoms with Crippen LogP contribution >= 0.6 is 0 Å². The van der Waals surface area contributed by atoms with E-state index in [1.54, 1.807) is 4.90 Å². The monoisotopic (exact) mass is 274 g/mol. The molecule has 1 aliphatic heterocycles.